The van der Waals surface area contributed by atoms with Crippen LogP contribution in [0.15, 0.2) is 42.5 Å². The van der Waals surface area contributed by atoms with Gasteiger partial charge in [0.1, 0.15) is 5.75 Å². The van der Waals surface area contributed by atoms with Crippen molar-refractivity contribution in [2.45, 2.75) is 45.5 Å². The quantitative estimate of drug-likeness (QED) is 0.582. The van der Waals surface area contributed by atoms with Crippen LogP contribution in [0.4, 0.5) is 5.69 Å². The van der Waals surface area contributed by atoms with E-state index in [-0.39, 0.29) is 30.0 Å². The smallest absolute Gasteiger partial charge is 0.227 e. The van der Waals surface area contributed by atoms with Crippen molar-refractivity contribution in [2.24, 2.45) is 5.92 Å². The molecule has 8 nitrogen and oxygen atoms in total. The zero-order valence-corrected chi connectivity index (χ0v) is 20.2. The van der Waals surface area contributed by atoms with Crippen molar-refractivity contribution >= 4 is 27.5 Å². The van der Waals surface area contributed by atoms with Gasteiger partial charge in [-0.3, -0.25) is 9.59 Å². The fraction of sp³-hybridized carbons (Fsp3) is 0.417. The predicted molar refractivity (Wildman–Crippen MR) is 127 cm³/mol. The zero-order chi connectivity index (χ0) is 24.2. The molecule has 0 bridgehead atoms. The highest BCUT2D eigenvalue weighted by Gasteiger charge is 2.36. The summed E-state index contributed by atoms with van der Waals surface area (Å²) in [7, 11) is -1.83. The van der Waals surface area contributed by atoms with E-state index in [1.54, 1.807) is 50.1 Å². The summed E-state index contributed by atoms with van der Waals surface area (Å²) in [5.41, 5.74) is 3.20. The van der Waals surface area contributed by atoms with Crippen LogP contribution in [-0.2, 0) is 31.9 Å². The van der Waals surface area contributed by atoms with Gasteiger partial charge in [-0.25, -0.2) is 13.1 Å². The van der Waals surface area contributed by atoms with Crippen molar-refractivity contribution in [3.8, 4) is 5.75 Å². The molecule has 0 spiro atoms. The molecule has 0 radical (unpaired) electrons. The molecule has 2 aromatic rings. The summed E-state index contributed by atoms with van der Waals surface area (Å²) >= 11 is 0. The topological polar surface area (TPSA) is 105 Å². The van der Waals surface area contributed by atoms with E-state index in [4.69, 9.17) is 4.74 Å². The molecule has 1 saturated heterocycles. The van der Waals surface area contributed by atoms with Gasteiger partial charge in [0, 0.05) is 25.6 Å². The van der Waals surface area contributed by atoms with Crippen LogP contribution in [0.3, 0.4) is 0 Å². The first-order valence-corrected chi connectivity index (χ1v) is 12.5. The second-order valence-corrected chi connectivity index (χ2v) is 10.4. The van der Waals surface area contributed by atoms with Crippen LogP contribution in [0.1, 0.15) is 37.0 Å². The Hall–Kier alpha value is -2.91. The Balaban J connectivity index is 1.57. The normalized spacial score (nSPS) is 16.3. The number of methoxy groups -OCH3 is 1. The monoisotopic (exact) mass is 473 g/mol. The Kier molecular flexibility index (Phi) is 7.76. The van der Waals surface area contributed by atoms with Gasteiger partial charge in [-0.05, 0) is 49.6 Å². The van der Waals surface area contributed by atoms with Crippen molar-refractivity contribution < 1.29 is 22.7 Å². The van der Waals surface area contributed by atoms with Gasteiger partial charge < -0.3 is 15.0 Å². The molecular weight excluding hydrogens is 442 g/mol. The van der Waals surface area contributed by atoms with Crippen LogP contribution in [0, 0.1) is 12.8 Å². The third-order valence-electron chi connectivity index (χ3n) is 5.38. The molecule has 2 amide bonds. The summed E-state index contributed by atoms with van der Waals surface area (Å²) in [5, 5.41) is 2.89. The van der Waals surface area contributed by atoms with Crippen molar-refractivity contribution in [1.82, 2.24) is 10.0 Å². The molecule has 0 unspecified atom stereocenters. The number of ether oxygens (including phenoxy) is 1. The molecule has 1 heterocycles. The summed E-state index contributed by atoms with van der Waals surface area (Å²) in [5.74, 6) is -0.250. The minimum absolute atomic E-state index is 0.0970. The minimum atomic E-state index is -3.39. The molecule has 9 heteroatoms. The number of carbonyl (C=O) groups is 2. The number of amides is 2. The van der Waals surface area contributed by atoms with Gasteiger partial charge in [-0.15, -0.1) is 0 Å². The van der Waals surface area contributed by atoms with Crippen LogP contribution in [0.2, 0.25) is 0 Å². The maximum absolute atomic E-state index is 12.7. The average molecular weight is 474 g/mol. The van der Waals surface area contributed by atoms with E-state index in [1.165, 1.54) is 0 Å². The molecule has 0 saturated carbocycles. The van der Waals surface area contributed by atoms with Gasteiger partial charge in [0.05, 0.1) is 24.5 Å². The lowest BCUT2D eigenvalue weighted by atomic mass is 10.1. The molecule has 33 heavy (non-hydrogen) atoms. The number of aryl methyl sites for hydroxylation is 1. The molecule has 0 aliphatic carbocycles. The number of nitrogens with zero attached hydrogens (tertiary/aromatic N) is 1. The Bertz CT molecular complexity index is 1110. The highest BCUT2D eigenvalue weighted by atomic mass is 32.2. The number of hydrogen-bond acceptors (Lipinski definition) is 5. The molecule has 2 aromatic carbocycles. The van der Waals surface area contributed by atoms with Crippen LogP contribution >= 0.6 is 0 Å². The molecule has 178 valence electrons. The third kappa shape index (κ3) is 6.55. The van der Waals surface area contributed by atoms with Crippen molar-refractivity contribution in [2.75, 3.05) is 18.6 Å². The number of sulfonamides is 1. The zero-order valence-electron chi connectivity index (χ0n) is 19.4. The first-order valence-electron chi connectivity index (χ1n) is 10.9. The fourth-order valence-electron chi connectivity index (χ4n) is 3.83. The van der Waals surface area contributed by atoms with Crippen LogP contribution in [0.5, 0.6) is 5.75 Å². The maximum Gasteiger partial charge on any atom is 0.227 e. The summed E-state index contributed by atoms with van der Waals surface area (Å²) in [6, 6.07) is 12.5. The summed E-state index contributed by atoms with van der Waals surface area (Å²) < 4.78 is 32.1. The SMILES string of the molecule is COc1ccc(C)cc1N1C[C@H](C(=O)NCc2ccc(CS(=O)(=O)NC(C)C)cc2)CC1=O. The lowest BCUT2D eigenvalue weighted by molar-refractivity contribution is -0.126. The first kappa shape index (κ1) is 24.7. The van der Waals surface area contributed by atoms with Gasteiger partial charge >= 0.3 is 0 Å². The summed E-state index contributed by atoms with van der Waals surface area (Å²) in [6.45, 7) is 6.09. The number of rotatable bonds is 9. The van der Waals surface area contributed by atoms with Crippen molar-refractivity contribution in [1.29, 1.82) is 0 Å². The van der Waals surface area contributed by atoms with Crippen molar-refractivity contribution in [3.63, 3.8) is 0 Å². The van der Waals surface area contributed by atoms with E-state index >= 15 is 0 Å². The van der Waals surface area contributed by atoms with E-state index in [0.29, 0.717) is 30.1 Å². The standard InChI is InChI=1S/C24H31N3O5S/c1-16(2)26-33(30,31)15-19-8-6-18(7-9-19)13-25-24(29)20-12-23(28)27(14-20)21-11-17(3)5-10-22(21)32-4/h5-11,16,20,26H,12-15H2,1-4H3,(H,25,29)/t20-/m1/s1. The Morgan fingerprint density at radius 3 is 2.45 bits per heavy atom. The second-order valence-electron chi connectivity index (χ2n) is 8.65. The Morgan fingerprint density at radius 1 is 1.15 bits per heavy atom. The fourth-order valence-corrected chi connectivity index (χ4v) is 5.27. The van der Waals surface area contributed by atoms with Gasteiger partial charge in [0.25, 0.3) is 0 Å². The second kappa shape index (κ2) is 10.4. The maximum atomic E-state index is 12.7. The number of hydrogen-bond donors (Lipinski definition) is 2. The minimum Gasteiger partial charge on any atom is -0.495 e. The Labute approximate surface area is 195 Å². The molecule has 2 N–H and O–H groups in total. The molecule has 1 aliphatic heterocycles. The largest absolute Gasteiger partial charge is 0.495 e. The highest BCUT2D eigenvalue weighted by Crippen LogP contribution is 2.34. The van der Waals surface area contributed by atoms with Crippen LogP contribution < -0.4 is 19.7 Å². The Morgan fingerprint density at radius 2 is 1.82 bits per heavy atom. The molecule has 1 atom stereocenters. The lowest BCUT2D eigenvalue weighted by Gasteiger charge is -2.20. The highest BCUT2D eigenvalue weighted by molar-refractivity contribution is 7.88. The summed E-state index contributed by atoms with van der Waals surface area (Å²) in [6.07, 6.45) is 0.141. The van der Waals surface area contributed by atoms with Gasteiger partial charge in [-0.1, -0.05) is 30.3 Å². The number of benzene rings is 2. The molecule has 1 fully saturated rings. The van der Waals surface area contributed by atoms with E-state index in [0.717, 1.165) is 11.1 Å². The van der Waals surface area contributed by atoms with Crippen LogP contribution in [0.25, 0.3) is 0 Å². The average Bonchev–Trinajstić information content (AvgIpc) is 3.13. The molecular formula is C24H31N3O5S. The van der Waals surface area contributed by atoms with Crippen LogP contribution in [-0.4, -0.2) is 39.9 Å². The number of carbonyl (C=O) groups excluding carboxylic acids is 2. The summed E-state index contributed by atoms with van der Waals surface area (Å²) in [4.78, 5) is 26.9. The number of nitrogens with one attached hydrogen (secondary N) is 2. The lowest BCUT2D eigenvalue weighted by Crippen LogP contribution is -2.32. The number of anilines is 1. The molecule has 3 rings (SSSR count). The first-order chi connectivity index (χ1) is 15.6. The van der Waals surface area contributed by atoms with Gasteiger partial charge in [0.15, 0.2) is 0 Å². The third-order valence-corrected chi connectivity index (χ3v) is 6.93. The van der Waals surface area contributed by atoms with E-state index in [2.05, 4.69) is 10.0 Å². The van der Waals surface area contributed by atoms with E-state index < -0.39 is 15.9 Å². The van der Waals surface area contributed by atoms with E-state index in [9.17, 15) is 18.0 Å². The van der Waals surface area contributed by atoms with Crippen molar-refractivity contribution in [3.05, 3.63) is 59.2 Å². The van der Waals surface area contributed by atoms with E-state index in [1.807, 2.05) is 25.1 Å². The molecule has 0 aromatic heterocycles. The predicted octanol–water partition coefficient (Wildman–Crippen LogP) is 2.50. The van der Waals surface area contributed by atoms with Gasteiger partial charge in [-0.2, -0.15) is 0 Å². The molecule has 1 aliphatic rings. The van der Waals surface area contributed by atoms with Gasteiger partial charge in [0.2, 0.25) is 21.8 Å².